The van der Waals surface area contributed by atoms with Gasteiger partial charge in [0, 0.05) is 75.5 Å². The third-order valence-electron chi connectivity index (χ3n) is 20.5. The number of fused-ring (bicyclic) bond motifs is 9. The summed E-state index contributed by atoms with van der Waals surface area (Å²) in [5, 5.41) is 2.45. The van der Waals surface area contributed by atoms with Gasteiger partial charge in [0.25, 0.3) is 6.71 Å². The molecule has 0 unspecified atom stereocenters. The highest BCUT2D eigenvalue weighted by Gasteiger charge is 2.48. The lowest BCUT2D eigenvalue weighted by atomic mass is 9.33. The Bertz CT molecular complexity index is 4280. The van der Waals surface area contributed by atoms with E-state index in [1.807, 2.05) is 17.4 Å². The molecule has 0 saturated carbocycles. The van der Waals surface area contributed by atoms with Crippen LogP contribution in [-0.4, -0.2) is 6.71 Å². The molecule has 0 bridgehead atoms. The molecule has 84 heavy (non-hydrogen) atoms. The Morgan fingerprint density at radius 2 is 1.01 bits per heavy atom. The minimum atomic E-state index is -2.43. The molecule has 9 aromatic rings. The fourth-order valence-corrected chi connectivity index (χ4v) is 16.5. The van der Waals surface area contributed by atoms with E-state index in [4.69, 9.17) is 0 Å². The predicted molar refractivity (Wildman–Crippen MR) is 369 cm³/mol. The van der Waals surface area contributed by atoms with Gasteiger partial charge in [-0.2, -0.15) is 0 Å². The first-order valence-corrected chi connectivity index (χ1v) is 32.0. The molecule has 5 heteroatoms. The molecule has 0 fully saturated rings. The fourth-order valence-electron chi connectivity index (χ4n) is 15.1. The van der Waals surface area contributed by atoms with Crippen molar-refractivity contribution in [2.75, 3.05) is 14.7 Å². The Morgan fingerprint density at radius 3 is 1.57 bits per heavy atom. The second-order valence-electron chi connectivity index (χ2n) is 31.6. The Hall–Kier alpha value is -6.56. The van der Waals surface area contributed by atoms with E-state index in [9.17, 15) is 4.11 Å². The maximum absolute atomic E-state index is 9.51. The van der Waals surface area contributed by atoms with Crippen molar-refractivity contribution in [3.05, 3.63) is 189 Å². The zero-order valence-electron chi connectivity index (χ0n) is 56.9. The van der Waals surface area contributed by atoms with Crippen LogP contribution < -0.4 is 31.1 Å². The molecule has 0 spiro atoms. The van der Waals surface area contributed by atoms with Gasteiger partial charge in [-0.3, -0.25) is 0 Å². The summed E-state index contributed by atoms with van der Waals surface area (Å²) in [6.07, 6.45) is 4.38. The molecule has 4 aliphatic rings. The van der Waals surface area contributed by atoms with Gasteiger partial charge in [0.1, 0.15) is 0 Å². The van der Waals surface area contributed by atoms with Gasteiger partial charge in [-0.25, -0.2) is 0 Å². The van der Waals surface area contributed by atoms with Crippen LogP contribution in [0.5, 0.6) is 0 Å². The molecule has 8 aromatic carbocycles. The van der Waals surface area contributed by atoms with E-state index < -0.39 is 6.85 Å². The van der Waals surface area contributed by atoms with Crippen LogP contribution in [0.2, 0.25) is 0 Å². The first-order chi connectivity index (χ1) is 40.4. The normalized spacial score (nSPS) is 18.1. The lowest BCUT2D eigenvalue weighted by molar-refractivity contribution is 0.332. The van der Waals surface area contributed by atoms with Crippen LogP contribution in [-0.2, 0) is 37.9 Å². The topological polar surface area (TPSA) is 9.72 Å². The van der Waals surface area contributed by atoms with E-state index in [-0.39, 0.29) is 44.6 Å². The minimum Gasteiger partial charge on any atom is -0.311 e. The van der Waals surface area contributed by atoms with Gasteiger partial charge < -0.3 is 14.7 Å². The Labute approximate surface area is 512 Å². The molecular weight excluding hydrogens is 1030 g/mol. The number of rotatable bonds is 5. The third-order valence-corrected chi connectivity index (χ3v) is 21.7. The van der Waals surface area contributed by atoms with E-state index >= 15 is 0 Å². The summed E-state index contributed by atoms with van der Waals surface area (Å²) in [6, 6.07) is 51.5. The quantitative estimate of drug-likeness (QED) is 0.159. The van der Waals surface area contributed by atoms with Gasteiger partial charge in [0.2, 0.25) is 0 Å². The Kier molecular flexibility index (Phi) is 11.8. The summed E-state index contributed by atoms with van der Waals surface area (Å²) in [7, 11) is 0. The molecule has 3 heterocycles. The lowest BCUT2D eigenvalue weighted by Crippen LogP contribution is -2.62. The molecule has 0 amide bonds. The van der Waals surface area contributed by atoms with E-state index in [0.29, 0.717) is 5.56 Å². The van der Waals surface area contributed by atoms with Crippen LogP contribution in [0.3, 0.4) is 0 Å². The van der Waals surface area contributed by atoms with Crippen LogP contribution >= 0.6 is 11.3 Å². The Morgan fingerprint density at radius 1 is 0.476 bits per heavy atom. The summed E-state index contributed by atoms with van der Waals surface area (Å²) in [6.45, 7) is 42.0. The SMILES string of the molecule is [2H]C([2H])([2H])c1cc2c3c(c1)N(c1ccc4c(c1)C(C)(C)CCC4(C)C)c1cc4c(cc1B3c1ccc(N(c3ccc(C(C)(C)C)cc3C)c3ccc(C(C)(C)C)cc3C)cc1N2c1cc(C(C)(C)C)c2sc3ccccc3c2c1)C(C)(C)CCC4(C)C. The van der Waals surface area contributed by atoms with E-state index in [1.165, 1.54) is 81.2 Å². The van der Waals surface area contributed by atoms with Gasteiger partial charge in [-0.1, -0.05) is 178 Å². The first-order valence-electron chi connectivity index (χ1n) is 32.7. The summed E-state index contributed by atoms with van der Waals surface area (Å²) < 4.78 is 31.1. The van der Waals surface area contributed by atoms with Crippen LogP contribution in [0.1, 0.15) is 203 Å². The summed E-state index contributed by atoms with van der Waals surface area (Å²) >= 11 is 1.88. The fraction of sp³-hybridized carbons (Fsp3) is 0.392. The van der Waals surface area contributed by atoms with Crippen LogP contribution in [0, 0.1) is 20.7 Å². The number of hydrogen-bond acceptors (Lipinski definition) is 4. The molecule has 1 aromatic heterocycles. The van der Waals surface area contributed by atoms with Crippen molar-refractivity contribution in [2.24, 2.45) is 0 Å². The van der Waals surface area contributed by atoms with Crippen molar-refractivity contribution < 1.29 is 4.11 Å². The maximum atomic E-state index is 9.51. The largest absolute Gasteiger partial charge is 0.311 e. The molecule has 0 radical (unpaired) electrons. The monoisotopic (exact) mass is 1130 g/mol. The average Bonchev–Trinajstić information content (AvgIpc) is 0.869. The molecular formula is C79H90BN3S. The van der Waals surface area contributed by atoms with Crippen molar-refractivity contribution in [1.82, 2.24) is 0 Å². The van der Waals surface area contributed by atoms with Crippen molar-refractivity contribution in [3.8, 4) is 0 Å². The molecule has 0 atom stereocenters. The van der Waals surface area contributed by atoms with E-state index in [2.05, 4.69) is 274 Å². The van der Waals surface area contributed by atoms with E-state index in [1.54, 1.807) is 0 Å². The molecule has 2 aliphatic carbocycles. The lowest BCUT2D eigenvalue weighted by Gasteiger charge is -2.48. The second kappa shape index (κ2) is 18.7. The van der Waals surface area contributed by atoms with Crippen molar-refractivity contribution >= 4 is 106 Å². The van der Waals surface area contributed by atoms with Crippen molar-refractivity contribution in [1.29, 1.82) is 0 Å². The van der Waals surface area contributed by atoms with Crippen molar-refractivity contribution in [3.63, 3.8) is 0 Å². The summed E-state index contributed by atoms with van der Waals surface area (Å²) in [5.74, 6) is 0. The standard InChI is InChI=1S/C79H90BN3S/c1-47-37-68-71-69(38-47)83(54-41-56-55-23-21-22-24-70(55)84-72(56)61(43-54)75(10,11)12)66-44-53(81(64-31-25-50(39-48(64)2)73(4,5)6)65-32-26-51(40-49(65)3)74(7,8)9)28-30-62(66)80(71)63-45-59-60(79(19,20)36-35-78(59,17)18)46-67(63)82(68)52-27-29-57-58(42-52)77(15,16)34-33-76(57,13)14/h21-32,37-46H,33-36H2,1-20H3/i1D3. The smallest absolute Gasteiger partial charge is 0.252 e. The van der Waals surface area contributed by atoms with Crippen molar-refractivity contribution in [2.45, 2.75) is 202 Å². The van der Waals surface area contributed by atoms with Crippen LogP contribution in [0.15, 0.2) is 133 Å². The van der Waals surface area contributed by atoms with Gasteiger partial charge >= 0.3 is 0 Å². The number of aryl methyl sites for hydroxylation is 3. The third kappa shape index (κ3) is 8.92. The molecule has 0 N–H and O–H groups in total. The van der Waals surface area contributed by atoms with Gasteiger partial charge in [-0.15, -0.1) is 11.3 Å². The average molecular weight is 1130 g/mol. The maximum Gasteiger partial charge on any atom is 0.252 e. The van der Waals surface area contributed by atoms with Crippen LogP contribution in [0.25, 0.3) is 20.2 Å². The first kappa shape index (κ1) is 53.0. The Balaban J connectivity index is 1.18. The summed E-state index contributed by atoms with van der Waals surface area (Å²) in [4.78, 5) is 7.48. The van der Waals surface area contributed by atoms with Gasteiger partial charge in [-0.05, 0) is 229 Å². The number of hydrogen-bond donors (Lipinski definition) is 0. The molecule has 430 valence electrons. The second-order valence-corrected chi connectivity index (χ2v) is 32.6. The van der Waals surface area contributed by atoms with E-state index in [0.717, 1.165) is 82.3 Å². The zero-order valence-corrected chi connectivity index (χ0v) is 54.7. The number of anilines is 9. The summed E-state index contributed by atoms with van der Waals surface area (Å²) in [5.41, 5.74) is 24.7. The highest BCUT2D eigenvalue weighted by atomic mass is 32.1. The molecule has 0 saturated heterocycles. The molecule has 2 aliphatic heterocycles. The number of benzene rings is 8. The predicted octanol–water partition coefficient (Wildman–Crippen LogP) is 21.1. The van der Waals surface area contributed by atoms with Crippen LogP contribution in [0.4, 0.5) is 51.2 Å². The minimum absolute atomic E-state index is 0.0197. The highest BCUT2D eigenvalue weighted by Crippen LogP contribution is 2.55. The number of nitrogens with zero attached hydrogens (tertiary/aromatic N) is 3. The highest BCUT2D eigenvalue weighted by molar-refractivity contribution is 7.26. The molecule has 13 rings (SSSR count). The zero-order chi connectivity index (χ0) is 62.4. The van der Waals surface area contributed by atoms with Gasteiger partial charge in [0.15, 0.2) is 0 Å². The van der Waals surface area contributed by atoms with Gasteiger partial charge in [0.05, 0.1) is 0 Å². The molecule has 3 nitrogen and oxygen atoms in total. The number of thiophene rings is 1.